The number of carbonyl (C=O) groups is 3. The van der Waals surface area contributed by atoms with Crippen LogP contribution in [0, 0.1) is 0 Å². The molecule has 1 aliphatic heterocycles. The van der Waals surface area contributed by atoms with Crippen molar-refractivity contribution < 1.29 is 33.4 Å². The van der Waals surface area contributed by atoms with E-state index in [1.807, 2.05) is 28.3 Å². The Bertz CT molecular complexity index is 2140. The Hall–Kier alpha value is -3.94. The summed E-state index contributed by atoms with van der Waals surface area (Å²) in [6.07, 6.45) is -2.27. The molecular formula is C34H38N6O7S4Si. The molecule has 6 heterocycles. The van der Waals surface area contributed by atoms with Crippen LogP contribution < -0.4 is 0 Å². The van der Waals surface area contributed by atoms with Crippen LogP contribution >= 0.6 is 45.3 Å². The predicted octanol–water partition coefficient (Wildman–Crippen LogP) is 9.61. The van der Waals surface area contributed by atoms with Crippen molar-refractivity contribution in [3.05, 3.63) is 50.0 Å². The van der Waals surface area contributed by atoms with Gasteiger partial charge in [-0.15, -0.1) is 45.3 Å². The van der Waals surface area contributed by atoms with E-state index in [1.165, 1.54) is 50.7 Å². The van der Waals surface area contributed by atoms with E-state index in [9.17, 15) is 19.5 Å². The number of hydrogen-bond acceptors (Lipinski definition) is 15. The van der Waals surface area contributed by atoms with E-state index >= 15 is 0 Å². The van der Waals surface area contributed by atoms with Crippen LogP contribution in [0.1, 0.15) is 75.7 Å². The van der Waals surface area contributed by atoms with Gasteiger partial charge in [0.1, 0.15) is 54.9 Å². The number of thiazole rings is 4. The van der Waals surface area contributed by atoms with Crippen molar-refractivity contribution in [1.82, 2.24) is 29.8 Å². The molecule has 0 unspecified atom stereocenters. The molecule has 0 bridgehead atoms. The van der Waals surface area contributed by atoms with E-state index in [-0.39, 0.29) is 10.7 Å². The van der Waals surface area contributed by atoms with Gasteiger partial charge in [0, 0.05) is 27.1 Å². The molecule has 18 heteroatoms. The molecule has 0 aromatic carbocycles. The highest BCUT2D eigenvalue weighted by Crippen LogP contribution is 2.41. The second-order valence-electron chi connectivity index (χ2n) is 14.6. The third-order valence-corrected chi connectivity index (χ3v) is 16.6. The Morgan fingerprint density at radius 2 is 1.54 bits per heavy atom. The minimum absolute atomic E-state index is 0.0369. The van der Waals surface area contributed by atoms with Gasteiger partial charge in [0.25, 0.3) is 0 Å². The molecule has 5 aromatic heterocycles. The SMILES string of the molecule is C[C@H]1OC(=O)N(C(=O)OC(C)(C)C)[C@@H]1c1nc(-c2nc(-c3nc(-c4nc(C(=O)O)cs4)cs3)ccc2-c2nc(CO[Si](C)(C)C(C)(C)C)cs2)cs1. The summed E-state index contributed by atoms with van der Waals surface area (Å²) in [5.74, 6) is -1.10. The van der Waals surface area contributed by atoms with E-state index < -0.39 is 44.2 Å². The first kappa shape index (κ1) is 37.8. The number of hydrogen-bond donors (Lipinski definition) is 1. The largest absolute Gasteiger partial charge is 0.476 e. The van der Waals surface area contributed by atoms with E-state index in [2.05, 4.69) is 38.8 Å². The topological polar surface area (TPSA) is 167 Å². The van der Waals surface area contributed by atoms with Gasteiger partial charge in [0.2, 0.25) is 0 Å². The number of amides is 2. The highest BCUT2D eigenvalue weighted by Gasteiger charge is 2.47. The van der Waals surface area contributed by atoms with Crippen LogP contribution in [0.5, 0.6) is 0 Å². The van der Waals surface area contributed by atoms with Crippen molar-refractivity contribution in [3.63, 3.8) is 0 Å². The summed E-state index contributed by atoms with van der Waals surface area (Å²) in [5.41, 5.74) is 2.87. The molecule has 13 nitrogen and oxygen atoms in total. The standard InChI is InChI=1S/C34H38N6O7S4Si/c1-17-25(40(31(43)46-17)32(44)47-33(2,3)4)29-37-21(14-51-29)24-19(26-35-18(13-48-26)12-45-52(8,9)34(5,6)7)10-11-20(36-24)27-38-22(15-49-27)28-39-23(16-50-28)30(41)42/h10-11,13-17,25H,12H2,1-9H3,(H,41,42)/t17-,25+/m1/s1. The summed E-state index contributed by atoms with van der Waals surface area (Å²) in [6, 6.07) is 2.99. The summed E-state index contributed by atoms with van der Waals surface area (Å²) in [5, 5.41) is 18.8. The lowest BCUT2D eigenvalue weighted by molar-refractivity contribution is 0.0285. The highest BCUT2D eigenvalue weighted by atomic mass is 32.1. The number of carbonyl (C=O) groups excluding carboxylic acids is 2. The zero-order chi connectivity index (χ0) is 37.7. The second-order valence-corrected chi connectivity index (χ2v) is 22.9. The lowest BCUT2D eigenvalue weighted by Crippen LogP contribution is -2.40. The first-order chi connectivity index (χ1) is 24.3. The lowest BCUT2D eigenvalue weighted by atomic mass is 10.1. The zero-order valence-electron chi connectivity index (χ0n) is 30.0. The Morgan fingerprint density at radius 3 is 2.21 bits per heavy atom. The first-order valence-electron chi connectivity index (χ1n) is 16.2. The average molecular weight is 799 g/mol. The van der Waals surface area contributed by atoms with Crippen molar-refractivity contribution in [2.75, 3.05) is 0 Å². The summed E-state index contributed by atoms with van der Waals surface area (Å²) in [6.45, 7) is 18.3. The van der Waals surface area contributed by atoms with E-state index in [0.29, 0.717) is 44.4 Å². The quantitative estimate of drug-likeness (QED) is 0.141. The predicted molar refractivity (Wildman–Crippen MR) is 204 cm³/mol. The molecule has 2 amide bonds. The molecule has 1 aliphatic rings. The zero-order valence-corrected chi connectivity index (χ0v) is 34.3. The fourth-order valence-corrected chi connectivity index (χ4v) is 9.20. The maximum absolute atomic E-state index is 13.1. The van der Waals surface area contributed by atoms with Crippen molar-refractivity contribution in [3.8, 4) is 43.4 Å². The summed E-state index contributed by atoms with van der Waals surface area (Å²) >= 11 is 5.33. The molecule has 0 aliphatic carbocycles. The van der Waals surface area contributed by atoms with Gasteiger partial charge in [0.15, 0.2) is 14.0 Å². The Balaban J connectivity index is 1.38. The number of aromatic carboxylic acids is 1. The second kappa shape index (κ2) is 14.1. The van der Waals surface area contributed by atoms with Crippen LogP contribution in [-0.2, 0) is 20.5 Å². The van der Waals surface area contributed by atoms with Crippen LogP contribution in [0.25, 0.3) is 43.4 Å². The molecule has 0 spiro atoms. The molecule has 0 saturated carbocycles. The summed E-state index contributed by atoms with van der Waals surface area (Å²) in [7, 11) is -2.01. The van der Waals surface area contributed by atoms with Gasteiger partial charge in [0.05, 0.1) is 18.0 Å². The number of rotatable bonds is 9. The fraction of sp³-hybridized carbons (Fsp3) is 0.412. The minimum atomic E-state index is -2.01. The first-order valence-corrected chi connectivity index (χ1v) is 22.7. The Labute approximate surface area is 317 Å². The van der Waals surface area contributed by atoms with Crippen molar-refractivity contribution in [1.29, 1.82) is 0 Å². The van der Waals surface area contributed by atoms with E-state index in [0.717, 1.165) is 21.2 Å². The fourth-order valence-electron chi connectivity index (χ4n) is 4.84. The van der Waals surface area contributed by atoms with Crippen LogP contribution in [0.3, 0.4) is 0 Å². The number of carboxylic acids is 1. The summed E-state index contributed by atoms with van der Waals surface area (Å²) < 4.78 is 17.4. The number of ether oxygens (including phenoxy) is 2. The number of cyclic esters (lactones) is 1. The van der Waals surface area contributed by atoms with E-state index in [1.54, 1.807) is 27.7 Å². The molecule has 5 aromatic rings. The normalized spacial score (nSPS) is 16.7. The monoisotopic (exact) mass is 798 g/mol. The van der Waals surface area contributed by atoms with Crippen LogP contribution in [0.15, 0.2) is 33.7 Å². The van der Waals surface area contributed by atoms with Crippen LogP contribution in [0.4, 0.5) is 9.59 Å². The van der Waals surface area contributed by atoms with Gasteiger partial charge in [-0.1, -0.05) is 20.8 Å². The van der Waals surface area contributed by atoms with Gasteiger partial charge in [-0.25, -0.2) is 39.3 Å². The van der Waals surface area contributed by atoms with Crippen LogP contribution in [-0.4, -0.2) is 73.1 Å². The lowest BCUT2D eigenvalue weighted by Gasteiger charge is -2.35. The molecule has 1 saturated heterocycles. The number of imide groups is 1. The average Bonchev–Trinajstić information content (AvgIpc) is 3.88. The molecule has 274 valence electrons. The molecular weight excluding hydrogens is 761 g/mol. The molecule has 6 rings (SSSR count). The Morgan fingerprint density at radius 1 is 0.865 bits per heavy atom. The van der Waals surface area contributed by atoms with Crippen molar-refractivity contribution in [2.24, 2.45) is 0 Å². The third kappa shape index (κ3) is 7.86. The maximum Gasteiger partial charge on any atom is 0.420 e. The molecule has 2 atom stereocenters. The number of carboxylic acid groups (broad SMARTS) is 1. The van der Waals surface area contributed by atoms with Gasteiger partial charge in [-0.05, 0) is 58.0 Å². The number of pyridine rings is 1. The Kier molecular flexibility index (Phi) is 10.3. The number of aromatic nitrogens is 5. The van der Waals surface area contributed by atoms with Crippen molar-refractivity contribution >= 4 is 71.8 Å². The molecule has 1 fully saturated rings. The molecule has 1 N–H and O–H groups in total. The summed E-state index contributed by atoms with van der Waals surface area (Å²) in [4.78, 5) is 62.2. The van der Waals surface area contributed by atoms with Gasteiger partial charge < -0.3 is 19.0 Å². The van der Waals surface area contributed by atoms with Gasteiger partial charge >= 0.3 is 18.2 Å². The molecule has 52 heavy (non-hydrogen) atoms. The van der Waals surface area contributed by atoms with Crippen molar-refractivity contribution in [2.45, 2.75) is 91.0 Å². The third-order valence-electron chi connectivity index (χ3n) is 8.54. The molecule has 0 radical (unpaired) electrons. The van der Waals surface area contributed by atoms with E-state index in [4.69, 9.17) is 33.8 Å². The highest BCUT2D eigenvalue weighted by molar-refractivity contribution is 7.15. The smallest absolute Gasteiger partial charge is 0.420 e. The minimum Gasteiger partial charge on any atom is -0.476 e. The van der Waals surface area contributed by atoms with Gasteiger partial charge in [-0.2, -0.15) is 4.90 Å². The van der Waals surface area contributed by atoms with Crippen LogP contribution in [0.2, 0.25) is 18.1 Å². The maximum atomic E-state index is 13.1. The van der Waals surface area contributed by atoms with Gasteiger partial charge in [-0.3, -0.25) is 0 Å². The number of nitrogens with zero attached hydrogens (tertiary/aromatic N) is 6.